The largest absolute Gasteiger partial charge is 0.319 e. The molecule has 0 aliphatic heterocycles. The van der Waals surface area contributed by atoms with Gasteiger partial charge in [0.1, 0.15) is 0 Å². The Hall–Kier alpha value is -1.62. The highest BCUT2D eigenvalue weighted by Gasteiger charge is 2.11. The second-order valence-electron chi connectivity index (χ2n) is 3.28. The Bertz CT molecular complexity index is 453. The van der Waals surface area contributed by atoms with Crippen LogP contribution in [-0.2, 0) is 0 Å². The van der Waals surface area contributed by atoms with Crippen molar-refractivity contribution < 1.29 is 4.79 Å². The Kier molecular flexibility index (Phi) is 2.55. The van der Waals surface area contributed by atoms with Gasteiger partial charge in [0.05, 0.1) is 22.6 Å². The number of thiophene rings is 1. The Morgan fingerprint density at radius 2 is 2.33 bits per heavy atom. The molecule has 0 radical (unpaired) electrons. The highest BCUT2D eigenvalue weighted by atomic mass is 32.1. The van der Waals surface area contributed by atoms with E-state index >= 15 is 0 Å². The fourth-order valence-electron chi connectivity index (χ4n) is 1.31. The molecule has 0 atom stereocenters. The molecule has 2 heterocycles. The summed E-state index contributed by atoms with van der Waals surface area (Å²) in [6.45, 7) is 3.73. The number of aromatic nitrogens is 2. The van der Waals surface area contributed by atoms with E-state index in [-0.39, 0.29) is 5.91 Å². The quantitative estimate of drug-likeness (QED) is 0.817. The number of carbonyl (C=O) groups excluding carboxylic acids is 1. The van der Waals surface area contributed by atoms with Gasteiger partial charge in [-0.05, 0) is 25.3 Å². The summed E-state index contributed by atoms with van der Waals surface area (Å²) in [5, 5.41) is 13.4. The SMILES string of the molecule is Cc1n[nH]c(C)c1NC(=O)c1ccsc1. The number of H-pyrrole nitrogens is 1. The standard InChI is InChI=1S/C10H11N3OS/c1-6-9(7(2)13-12-6)11-10(14)8-3-4-15-5-8/h3-5H,1-2H3,(H,11,14)(H,12,13). The van der Waals surface area contributed by atoms with Gasteiger partial charge in [0.2, 0.25) is 0 Å². The number of anilines is 1. The third kappa shape index (κ3) is 1.92. The van der Waals surface area contributed by atoms with Crippen molar-refractivity contribution in [1.29, 1.82) is 0 Å². The van der Waals surface area contributed by atoms with E-state index in [9.17, 15) is 4.79 Å². The van der Waals surface area contributed by atoms with Gasteiger partial charge in [0.25, 0.3) is 5.91 Å². The molecule has 4 nitrogen and oxygen atoms in total. The molecule has 0 bridgehead atoms. The molecule has 1 amide bonds. The summed E-state index contributed by atoms with van der Waals surface area (Å²) in [7, 11) is 0. The van der Waals surface area contributed by atoms with Gasteiger partial charge < -0.3 is 5.32 Å². The summed E-state index contributed by atoms with van der Waals surface area (Å²) < 4.78 is 0. The van der Waals surface area contributed by atoms with Crippen LogP contribution in [0.15, 0.2) is 16.8 Å². The number of nitrogens with zero attached hydrogens (tertiary/aromatic N) is 1. The lowest BCUT2D eigenvalue weighted by molar-refractivity contribution is 0.102. The fourth-order valence-corrected chi connectivity index (χ4v) is 1.95. The molecule has 0 aliphatic rings. The minimum Gasteiger partial charge on any atom is -0.319 e. The molecule has 2 aromatic heterocycles. The average Bonchev–Trinajstić information content (AvgIpc) is 2.82. The predicted molar refractivity (Wildman–Crippen MR) is 60.3 cm³/mol. The highest BCUT2D eigenvalue weighted by Crippen LogP contribution is 2.17. The van der Waals surface area contributed by atoms with Crippen LogP contribution in [0.2, 0.25) is 0 Å². The molecule has 2 aromatic rings. The maximum Gasteiger partial charge on any atom is 0.256 e. The lowest BCUT2D eigenvalue weighted by atomic mass is 10.2. The Morgan fingerprint density at radius 1 is 1.53 bits per heavy atom. The van der Waals surface area contributed by atoms with E-state index in [0.717, 1.165) is 17.1 Å². The third-order valence-corrected chi connectivity index (χ3v) is 2.83. The van der Waals surface area contributed by atoms with Crippen molar-refractivity contribution in [2.45, 2.75) is 13.8 Å². The summed E-state index contributed by atoms with van der Waals surface area (Å²) in [6, 6.07) is 1.80. The van der Waals surface area contributed by atoms with Crippen LogP contribution >= 0.6 is 11.3 Å². The molecule has 0 saturated heterocycles. The Labute approximate surface area is 91.3 Å². The van der Waals surface area contributed by atoms with E-state index < -0.39 is 0 Å². The number of rotatable bonds is 2. The van der Waals surface area contributed by atoms with Crippen molar-refractivity contribution >= 4 is 22.9 Å². The van der Waals surface area contributed by atoms with Crippen molar-refractivity contribution in [1.82, 2.24) is 10.2 Å². The Morgan fingerprint density at radius 3 is 2.87 bits per heavy atom. The van der Waals surface area contributed by atoms with Gasteiger partial charge in [-0.15, -0.1) is 0 Å². The topological polar surface area (TPSA) is 57.8 Å². The van der Waals surface area contributed by atoms with E-state index in [1.807, 2.05) is 24.6 Å². The van der Waals surface area contributed by atoms with Crippen LogP contribution in [-0.4, -0.2) is 16.1 Å². The number of hydrogen-bond acceptors (Lipinski definition) is 3. The normalized spacial score (nSPS) is 10.3. The first-order valence-corrected chi connectivity index (χ1v) is 5.48. The van der Waals surface area contributed by atoms with Gasteiger partial charge in [-0.3, -0.25) is 9.89 Å². The van der Waals surface area contributed by atoms with Gasteiger partial charge in [-0.2, -0.15) is 16.4 Å². The van der Waals surface area contributed by atoms with Crippen molar-refractivity contribution in [3.05, 3.63) is 33.8 Å². The van der Waals surface area contributed by atoms with Gasteiger partial charge in [-0.25, -0.2) is 0 Å². The number of carbonyl (C=O) groups is 1. The molecular formula is C10H11N3OS. The highest BCUT2D eigenvalue weighted by molar-refractivity contribution is 7.08. The third-order valence-electron chi connectivity index (χ3n) is 2.15. The second-order valence-corrected chi connectivity index (χ2v) is 4.06. The van der Waals surface area contributed by atoms with Crippen LogP contribution in [0.4, 0.5) is 5.69 Å². The van der Waals surface area contributed by atoms with Crippen LogP contribution in [0.25, 0.3) is 0 Å². The zero-order valence-electron chi connectivity index (χ0n) is 8.50. The monoisotopic (exact) mass is 221 g/mol. The molecule has 2 rings (SSSR count). The van der Waals surface area contributed by atoms with Crippen molar-refractivity contribution in [3.63, 3.8) is 0 Å². The molecule has 5 heteroatoms. The number of hydrogen-bond donors (Lipinski definition) is 2. The Balaban J connectivity index is 2.20. The summed E-state index contributed by atoms with van der Waals surface area (Å²) in [5.74, 6) is -0.0937. The van der Waals surface area contributed by atoms with Crippen LogP contribution < -0.4 is 5.32 Å². The smallest absolute Gasteiger partial charge is 0.256 e. The summed E-state index contributed by atoms with van der Waals surface area (Å²) in [5.41, 5.74) is 3.12. The molecule has 0 saturated carbocycles. The van der Waals surface area contributed by atoms with Crippen LogP contribution in [0, 0.1) is 13.8 Å². The molecular weight excluding hydrogens is 210 g/mol. The minimum atomic E-state index is -0.0937. The molecule has 0 spiro atoms. The average molecular weight is 221 g/mol. The first kappa shape index (κ1) is 9.92. The van der Waals surface area contributed by atoms with Crippen LogP contribution in [0.5, 0.6) is 0 Å². The predicted octanol–water partition coefficient (Wildman–Crippen LogP) is 2.34. The molecule has 0 aliphatic carbocycles. The number of amides is 1. The van der Waals surface area contributed by atoms with Crippen molar-refractivity contribution in [3.8, 4) is 0 Å². The summed E-state index contributed by atoms with van der Waals surface area (Å²) in [6.07, 6.45) is 0. The molecule has 78 valence electrons. The fraction of sp³-hybridized carbons (Fsp3) is 0.200. The maximum atomic E-state index is 11.7. The molecule has 0 unspecified atom stereocenters. The minimum absolute atomic E-state index is 0.0937. The zero-order valence-corrected chi connectivity index (χ0v) is 9.31. The first-order valence-electron chi connectivity index (χ1n) is 4.53. The molecule has 0 fully saturated rings. The van der Waals surface area contributed by atoms with Gasteiger partial charge in [0.15, 0.2) is 0 Å². The van der Waals surface area contributed by atoms with Crippen LogP contribution in [0.3, 0.4) is 0 Å². The van der Waals surface area contributed by atoms with E-state index in [1.165, 1.54) is 11.3 Å². The number of aryl methyl sites for hydroxylation is 2. The van der Waals surface area contributed by atoms with E-state index in [2.05, 4.69) is 15.5 Å². The van der Waals surface area contributed by atoms with E-state index in [1.54, 1.807) is 6.07 Å². The number of aromatic amines is 1. The first-order chi connectivity index (χ1) is 7.18. The lowest BCUT2D eigenvalue weighted by Gasteiger charge is -2.02. The number of nitrogens with one attached hydrogen (secondary N) is 2. The van der Waals surface area contributed by atoms with Gasteiger partial charge >= 0.3 is 0 Å². The van der Waals surface area contributed by atoms with E-state index in [4.69, 9.17) is 0 Å². The van der Waals surface area contributed by atoms with Crippen molar-refractivity contribution in [2.75, 3.05) is 5.32 Å². The summed E-state index contributed by atoms with van der Waals surface area (Å²) in [4.78, 5) is 11.7. The molecule has 0 aromatic carbocycles. The van der Waals surface area contributed by atoms with Gasteiger partial charge in [0, 0.05) is 5.38 Å². The van der Waals surface area contributed by atoms with Crippen LogP contribution in [0.1, 0.15) is 21.7 Å². The summed E-state index contributed by atoms with van der Waals surface area (Å²) >= 11 is 1.50. The van der Waals surface area contributed by atoms with Crippen molar-refractivity contribution in [2.24, 2.45) is 0 Å². The molecule has 2 N–H and O–H groups in total. The maximum absolute atomic E-state index is 11.7. The second kappa shape index (κ2) is 3.86. The molecule has 15 heavy (non-hydrogen) atoms. The lowest BCUT2D eigenvalue weighted by Crippen LogP contribution is -2.11. The van der Waals surface area contributed by atoms with Gasteiger partial charge in [-0.1, -0.05) is 0 Å². The zero-order chi connectivity index (χ0) is 10.8. The van der Waals surface area contributed by atoms with E-state index in [0.29, 0.717) is 5.56 Å².